The number of hydrogen-bond donors (Lipinski definition) is 0. The summed E-state index contributed by atoms with van der Waals surface area (Å²) in [6.45, 7) is 4.49. The van der Waals surface area contributed by atoms with Crippen LogP contribution in [0.2, 0.25) is 0 Å². The Hall–Kier alpha value is -6.02. The highest BCUT2D eigenvalue weighted by Gasteiger charge is 2.16. The van der Waals surface area contributed by atoms with Gasteiger partial charge in [-0.2, -0.15) is 0 Å². The molecule has 0 unspecified atom stereocenters. The molecule has 240 valence electrons. The molecule has 0 atom stereocenters. The largest absolute Gasteiger partial charge is 0.135 e. The van der Waals surface area contributed by atoms with Gasteiger partial charge in [-0.05, 0) is 132 Å². The molecule has 0 aliphatic heterocycles. The van der Waals surface area contributed by atoms with Crippen LogP contribution in [0.3, 0.4) is 0 Å². The number of hydrogen-bond acceptors (Lipinski definition) is 1. The highest BCUT2D eigenvalue weighted by atomic mass is 32.1. The minimum atomic E-state index is 1.22. The summed E-state index contributed by atoms with van der Waals surface area (Å²) in [5.41, 5.74) is 12.6. The molecule has 0 aliphatic carbocycles. The van der Waals surface area contributed by atoms with E-state index >= 15 is 0 Å². The first-order valence-corrected chi connectivity index (χ1v) is 18.5. The maximum absolute atomic E-state index is 2.41. The van der Waals surface area contributed by atoms with Gasteiger partial charge in [0.25, 0.3) is 0 Å². The van der Waals surface area contributed by atoms with Gasteiger partial charge < -0.3 is 0 Å². The van der Waals surface area contributed by atoms with E-state index in [1.807, 2.05) is 11.3 Å². The van der Waals surface area contributed by atoms with Crippen molar-refractivity contribution in [2.45, 2.75) is 13.8 Å². The molecule has 9 aromatic carbocycles. The summed E-state index contributed by atoms with van der Waals surface area (Å²) >= 11 is 1.90. The van der Waals surface area contributed by atoms with Gasteiger partial charge in [-0.25, -0.2) is 0 Å². The molecule has 1 heteroatoms. The van der Waals surface area contributed by atoms with Crippen molar-refractivity contribution in [3.05, 3.63) is 181 Å². The zero-order chi connectivity index (χ0) is 34.1. The second-order valence-corrected chi connectivity index (χ2v) is 14.8. The van der Waals surface area contributed by atoms with Crippen molar-refractivity contribution in [1.82, 2.24) is 0 Å². The molecule has 1 aromatic heterocycles. The van der Waals surface area contributed by atoms with E-state index in [1.165, 1.54) is 108 Å². The van der Waals surface area contributed by atoms with E-state index in [-0.39, 0.29) is 0 Å². The molecule has 0 spiro atoms. The van der Waals surface area contributed by atoms with Gasteiger partial charge in [-0.3, -0.25) is 0 Å². The Kier molecular flexibility index (Phi) is 6.91. The quantitative estimate of drug-likeness (QED) is 0.164. The molecule has 10 aromatic rings. The Labute approximate surface area is 301 Å². The minimum Gasteiger partial charge on any atom is -0.135 e. The molecule has 0 N–H and O–H groups in total. The van der Waals surface area contributed by atoms with Crippen molar-refractivity contribution in [2.24, 2.45) is 0 Å². The lowest BCUT2D eigenvalue weighted by Crippen LogP contribution is -1.92. The number of fused-ring (bicyclic) bond motifs is 8. The Morgan fingerprint density at radius 2 is 0.922 bits per heavy atom. The van der Waals surface area contributed by atoms with Crippen LogP contribution in [-0.4, -0.2) is 0 Å². The summed E-state index contributed by atoms with van der Waals surface area (Å²) in [4.78, 5) is 0. The van der Waals surface area contributed by atoms with Crippen molar-refractivity contribution in [3.8, 4) is 44.5 Å². The zero-order valence-electron chi connectivity index (χ0n) is 28.6. The Bertz CT molecular complexity index is 2990. The molecular weight excluding hydrogens is 633 g/mol. The Balaban J connectivity index is 1.23. The van der Waals surface area contributed by atoms with Gasteiger partial charge in [0, 0.05) is 20.2 Å². The van der Waals surface area contributed by atoms with Crippen molar-refractivity contribution < 1.29 is 0 Å². The monoisotopic (exact) mass is 666 g/mol. The van der Waals surface area contributed by atoms with Crippen LogP contribution in [0.15, 0.2) is 170 Å². The van der Waals surface area contributed by atoms with Crippen LogP contribution in [0.4, 0.5) is 0 Å². The predicted octanol–water partition coefficient (Wildman–Crippen LogP) is 14.8. The number of rotatable bonds is 4. The van der Waals surface area contributed by atoms with Gasteiger partial charge in [0.2, 0.25) is 0 Å². The van der Waals surface area contributed by atoms with Crippen LogP contribution in [-0.2, 0) is 0 Å². The van der Waals surface area contributed by atoms with Crippen molar-refractivity contribution >= 4 is 63.8 Å². The van der Waals surface area contributed by atoms with Gasteiger partial charge in [0.15, 0.2) is 0 Å². The highest BCUT2D eigenvalue weighted by Crippen LogP contribution is 2.43. The van der Waals surface area contributed by atoms with E-state index in [0.29, 0.717) is 0 Å². The van der Waals surface area contributed by atoms with Crippen molar-refractivity contribution in [2.75, 3.05) is 0 Å². The number of aryl methyl sites for hydroxylation is 1. The molecule has 10 rings (SSSR count). The van der Waals surface area contributed by atoms with Gasteiger partial charge in [-0.1, -0.05) is 140 Å². The molecule has 1 heterocycles. The first-order valence-electron chi connectivity index (χ1n) is 17.7. The fourth-order valence-electron chi connectivity index (χ4n) is 8.19. The summed E-state index contributed by atoms with van der Waals surface area (Å²) in [7, 11) is 0. The van der Waals surface area contributed by atoms with Gasteiger partial charge in [0.1, 0.15) is 0 Å². The average Bonchev–Trinajstić information content (AvgIpc) is 3.57. The lowest BCUT2D eigenvalue weighted by Gasteiger charge is -2.17. The molecule has 0 bridgehead atoms. The summed E-state index contributed by atoms with van der Waals surface area (Å²) < 4.78 is 2.66. The van der Waals surface area contributed by atoms with E-state index in [9.17, 15) is 0 Å². The maximum Gasteiger partial charge on any atom is 0.0433 e. The lowest BCUT2D eigenvalue weighted by atomic mass is 9.87. The van der Waals surface area contributed by atoms with E-state index in [1.54, 1.807) is 0 Å². The van der Waals surface area contributed by atoms with Crippen molar-refractivity contribution in [3.63, 3.8) is 0 Å². The van der Waals surface area contributed by atoms with E-state index < -0.39 is 0 Å². The van der Waals surface area contributed by atoms with Gasteiger partial charge >= 0.3 is 0 Å². The number of thiophene rings is 1. The SMILES string of the molecule is Cc1ccccc1-c1cccc(-c2cc(-c3ccc4ccc5c6ccccc6ccc5c4c3)cc(-c3cccc4c3sc3ccccc34)c2)c1C. The first kappa shape index (κ1) is 29.9. The smallest absolute Gasteiger partial charge is 0.0433 e. The second-order valence-electron chi connectivity index (χ2n) is 13.8. The van der Waals surface area contributed by atoms with E-state index in [0.717, 1.165) is 0 Å². The third-order valence-electron chi connectivity index (χ3n) is 10.8. The fraction of sp³-hybridized carbons (Fsp3) is 0.0400. The van der Waals surface area contributed by atoms with Gasteiger partial charge in [0.05, 0.1) is 0 Å². The van der Waals surface area contributed by atoms with Crippen LogP contribution in [0.1, 0.15) is 11.1 Å². The fourth-order valence-corrected chi connectivity index (χ4v) is 9.43. The minimum absolute atomic E-state index is 1.22. The van der Waals surface area contributed by atoms with Crippen molar-refractivity contribution in [1.29, 1.82) is 0 Å². The van der Waals surface area contributed by atoms with Crippen LogP contribution in [0.5, 0.6) is 0 Å². The second kappa shape index (κ2) is 11.8. The summed E-state index contributed by atoms with van der Waals surface area (Å²) in [6.07, 6.45) is 0. The Morgan fingerprint density at radius 3 is 1.78 bits per heavy atom. The van der Waals surface area contributed by atoms with E-state index in [2.05, 4.69) is 184 Å². The van der Waals surface area contributed by atoms with Crippen LogP contribution >= 0.6 is 11.3 Å². The standard InChI is InChI=1S/C50H34S/c1-31-11-3-5-13-39(31)41-17-9-16-40(32(41)2)37-27-36(28-38(29-37)43-18-10-19-47-46-15-7-8-20-49(46)51-50(43)47)35-22-21-34-24-25-44-42-14-6-4-12-33(42)23-26-45(44)48(34)30-35/h3-30H,1-2H3. The van der Waals surface area contributed by atoms with E-state index in [4.69, 9.17) is 0 Å². The molecule has 51 heavy (non-hydrogen) atoms. The van der Waals surface area contributed by atoms with Gasteiger partial charge in [-0.15, -0.1) is 11.3 Å². The van der Waals surface area contributed by atoms with Crippen LogP contribution in [0, 0.1) is 13.8 Å². The number of benzene rings is 9. The molecule has 0 nitrogen and oxygen atoms in total. The topological polar surface area (TPSA) is 0 Å². The maximum atomic E-state index is 2.41. The molecule has 0 saturated heterocycles. The third kappa shape index (κ3) is 4.88. The zero-order valence-corrected chi connectivity index (χ0v) is 29.4. The van der Waals surface area contributed by atoms with Crippen LogP contribution in [0.25, 0.3) is 97.0 Å². The molecule has 0 aliphatic rings. The molecule has 0 radical (unpaired) electrons. The van der Waals surface area contributed by atoms with Crippen LogP contribution < -0.4 is 0 Å². The molecule has 0 saturated carbocycles. The molecule has 0 fully saturated rings. The third-order valence-corrected chi connectivity index (χ3v) is 12.0. The highest BCUT2D eigenvalue weighted by molar-refractivity contribution is 7.26. The molecule has 0 amide bonds. The summed E-state index contributed by atoms with van der Waals surface area (Å²) in [5.74, 6) is 0. The first-order chi connectivity index (χ1) is 25.1. The summed E-state index contributed by atoms with van der Waals surface area (Å²) in [5, 5.41) is 10.4. The Morgan fingerprint density at radius 1 is 0.333 bits per heavy atom. The summed E-state index contributed by atoms with van der Waals surface area (Å²) in [6, 6.07) is 63.1. The molecular formula is C50H34S. The lowest BCUT2D eigenvalue weighted by molar-refractivity contribution is 1.40. The normalized spacial score (nSPS) is 11.7. The predicted molar refractivity (Wildman–Crippen MR) is 223 cm³/mol. The average molecular weight is 667 g/mol.